The van der Waals surface area contributed by atoms with Crippen LogP contribution in [0, 0.1) is 6.92 Å². The molecule has 2 aromatic carbocycles. The van der Waals surface area contributed by atoms with Crippen LogP contribution < -0.4 is 5.32 Å². The monoisotopic (exact) mass is 430 g/mol. The molecule has 1 N–H and O–H groups in total. The van der Waals surface area contributed by atoms with Crippen LogP contribution in [0.4, 0.5) is 0 Å². The van der Waals surface area contributed by atoms with Crippen LogP contribution >= 0.6 is 0 Å². The summed E-state index contributed by atoms with van der Waals surface area (Å²) < 4.78 is 1.76. The van der Waals surface area contributed by atoms with Crippen LogP contribution in [0.15, 0.2) is 60.8 Å². The van der Waals surface area contributed by atoms with Crippen LogP contribution in [-0.2, 0) is 4.79 Å². The summed E-state index contributed by atoms with van der Waals surface area (Å²) in [5.74, 6) is 0.0902. The Morgan fingerprint density at radius 2 is 1.81 bits per heavy atom. The van der Waals surface area contributed by atoms with Gasteiger partial charge in [0, 0.05) is 37.8 Å². The number of para-hydroxylation sites is 1. The van der Waals surface area contributed by atoms with Gasteiger partial charge in [-0.2, -0.15) is 5.10 Å². The first kappa shape index (κ1) is 21.8. The third-order valence-corrected chi connectivity index (χ3v) is 5.94. The van der Waals surface area contributed by atoms with Gasteiger partial charge in [0.15, 0.2) is 0 Å². The summed E-state index contributed by atoms with van der Waals surface area (Å²) in [6.45, 7) is 4.06. The van der Waals surface area contributed by atoms with Gasteiger partial charge in [-0.25, -0.2) is 4.68 Å². The highest BCUT2D eigenvalue weighted by Crippen LogP contribution is 2.26. The average Bonchev–Trinajstić information content (AvgIpc) is 3.15. The number of nitrogens with zero attached hydrogens (tertiary/aromatic N) is 3. The van der Waals surface area contributed by atoms with E-state index in [1.807, 2.05) is 66.4 Å². The minimum Gasteiger partial charge on any atom is -0.352 e. The summed E-state index contributed by atoms with van der Waals surface area (Å²) in [4.78, 5) is 27.2. The lowest BCUT2D eigenvalue weighted by Gasteiger charge is -2.20. The Labute approximate surface area is 189 Å². The number of aromatic nitrogens is 2. The van der Waals surface area contributed by atoms with Crippen molar-refractivity contribution in [1.29, 1.82) is 0 Å². The predicted molar refractivity (Wildman–Crippen MR) is 126 cm³/mol. The van der Waals surface area contributed by atoms with E-state index < -0.39 is 0 Å². The van der Waals surface area contributed by atoms with Crippen LogP contribution in [0.5, 0.6) is 0 Å². The van der Waals surface area contributed by atoms with Gasteiger partial charge < -0.3 is 10.2 Å². The molecule has 2 heterocycles. The molecule has 0 saturated carbocycles. The quantitative estimate of drug-likeness (QED) is 0.566. The highest BCUT2D eigenvalue weighted by atomic mass is 16.2. The van der Waals surface area contributed by atoms with Crippen molar-refractivity contribution < 1.29 is 9.59 Å². The molecule has 1 aromatic heterocycles. The number of likely N-dealkylation sites (tertiary alicyclic amines) is 1. The Hall–Kier alpha value is -3.41. The molecule has 1 aliphatic heterocycles. The van der Waals surface area contributed by atoms with Gasteiger partial charge in [0.05, 0.1) is 11.3 Å². The fourth-order valence-corrected chi connectivity index (χ4v) is 4.13. The number of benzene rings is 2. The fourth-order valence-electron chi connectivity index (χ4n) is 4.13. The number of hydrogen-bond donors (Lipinski definition) is 1. The van der Waals surface area contributed by atoms with Gasteiger partial charge in [-0.1, -0.05) is 48.9 Å². The molecule has 32 heavy (non-hydrogen) atoms. The molecule has 6 heteroatoms. The van der Waals surface area contributed by atoms with E-state index in [0.29, 0.717) is 30.8 Å². The van der Waals surface area contributed by atoms with Crippen molar-refractivity contribution in [3.05, 3.63) is 71.9 Å². The molecule has 6 nitrogen and oxygen atoms in total. The van der Waals surface area contributed by atoms with Gasteiger partial charge in [-0.05, 0) is 43.9 Å². The summed E-state index contributed by atoms with van der Waals surface area (Å²) in [6.07, 6.45) is 6.35. The second-order valence-electron chi connectivity index (χ2n) is 8.29. The maximum Gasteiger partial charge on any atom is 0.255 e. The van der Waals surface area contributed by atoms with E-state index in [1.54, 1.807) is 10.9 Å². The highest BCUT2D eigenvalue weighted by molar-refractivity contribution is 6.00. The summed E-state index contributed by atoms with van der Waals surface area (Å²) in [5, 5.41) is 7.79. The van der Waals surface area contributed by atoms with Crippen LogP contribution in [0.2, 0.25) is 0 Å². The zero-order chi connectivity index (χ0) is 22.3. The number of hydrogen-bond acceptors (Lipinski definition) is 3. The second-order valence-corrected chi connectivity index (χ2v) is 8.29. The van der Waals surface area contributed by atoms with Crippen LogP contribution in [0.3, 0.4) is 0 Å². The molecule has 0 bridgehead atoms. The van der Waals surface area contributed by atoms with Crippen LogP contribution in [0.25, 0.3) is 16.9 Å². The first-order valence-corrected chi connectivity index (χ1v) is 11.4. The Morgan fingerprint density at radius 1 is 1.03 bits per heavy atom. The SMILES string of the molecule is Cc1ccccc1-c1nn(-c2ccccc2)cc1C(=O)NCCCN1CCCCCC1=O. The molecule has 1 aliphatic rings. The predicted octanol–water partition coefficient (Wildman–Crippen LogP) is 4.37. The second kappa shape index (κ2) is 10.3. The van der Waals surface area contributed by atoms with Crippen molar-refractivity contribution in [2.24, 2.45) is 0 Å². The molecule has 0 unspecified atom stereocenters. The standard InChI is InChI=1S/C26H30N4O2/c1-20-11-7-8-14-22(20)25-23(19-30(28-25)21-12-4-2-5-13-21)26(32)27-16-10-18-29-17-9-3-6-15-24(29)31/h2,4-5,7-8,11-14,19H,3,6,9-10,15-18H2,1H3,(H,27,32). The molecule has 0 aliphatic carbocycles. The minimum atomic E-state index is -0.146. The van der Waals surface area contributed by atoms with Crippen molar-refractivity contribution in [2.75, 3.05) is 19.6 Å². The number of carbonyl (C=O) groups excluding carboxylic acids is 2. The summed E-state index contributed by atoms with van der Waals surface area (Å²) in [7, 11) is 0. The third-order valence-electron chi connectivity index (χ3n) is 5.94. The van der Waals surface area contributed by atoms with Crippen molar-refractivity contribution in [3.8, 4) is 16.9 Å². The Balaban J connectivity index is 1.49. The van der Waals surface area contributed by atoms with Crippen molar-refractivity contribution in [3.63, 3.8) is 0 Å². The topological polar surface area (TPSA) is 67.2 Å². The summed E-state index contributed by atoms with van der Waals surface area (Å²) >= 11 is 0. The zero-order valence-corrected chi connectivity index (χ0v) is 18.6. The maximum atomic E-state index is 13.1. The molecule has 2 amide bonds. The first-order valence-electron chi connectivity index (χ1n) is 11.4. The molecule has 0 radical (unpaired) electrons. The smallest absolute Gasteiger partial charge is 0.255 e. The van der Waals surface area contributed by atoms with E-state index >= 15 is 0 Å². The van der Waals surface area contributed by atoms with Gasteiger partial charge in [0.25, 0.3) is 5.91 Å². The third kappa shape index (κ3) is 5.07. The average molecular weight is 431 g/mol. The largest absolute Gasteiger partial charge is 0.352 e. The summed E-state index contributed by atoms with van der Waals surface area (Å²) in [5.41, 5.74) is 4.14. The van der Waals surface area contributed by atoms with Crippen molar-refractivity contribution >= 4 is 11.8 Å². The molecule has 0 spiro atoms. The lowest BCUT2D eigenvalue weighted by molar-refractivity contribution is -0.130. The normalized spacial score (nSPS) is 14.3. The van der Waals surface area contributed by atoms with E-state index in [2.05, 4.69) is 5.32 Å². The first-order chi connectivity index (χ1) is 15.6. The van der Waals surface area contributed by atoms with E-state index in [-0.39, 0.29) is 11.8 Å². The Morgan fingerprint density at radius 3 is 2.62 bits per heavy atom. The van der Waals surface area contributed by atoms with Crippen molar-refractivity contribution in [2.45, 2.75) is 39.0 Å². The van der Waals surface area contributed by atoms with Gasteiger partial charge in [0.1, 0.15) is 5.69 Å². The van der Waals surface area contributed by atoms with Gasteiger partial charge in [0.2, 0.25) is 5.91 Å². The number of aryl methyl sites for hydroxylation is 1. The molecular weight excluding hydrogens is 400 g/mol. The highest BCUT2D eigenvalue weighted by Gasteiger charge is 2.20. The van der Waals surface area contributed by atoms with Gasteiger partial charge in [-0.15, -0.1) is 0 Å². The van der Waals surface area contributed by atoms with E-state index in [1.165, 1.54) is 0 Å². The zero-order valence-electron chi connectivity index (χ0n) is 18.6. The number of amides is 2. The van der Waals surface area contributed by atoms with Crippen LogP contribution in [-0.4, -0.2) is 46.1 Å². The molecule has 1 fully saturated rings. The maximum absolute atomic E-state index is 13.1. The lowest BCUT2D eigenvalue weighted by Crippen LogP contribution is -2.34. The van der Waals surface area contributed by atoms with E-state index in [0.717, 1.165) is 49.0 Å². The number of rotatable bonds is 7. The van der Waals surface area contributed by atoms with E-state index in [4.69, 9.17) is 5.10 Å². The Kier molecular flexibility index (Phi) is 7.00. The molecule has 1 saturated heterocycles. The van der Waals surface area contributed by atoms with Gasteiger partial charge in [-0.3, -0.25) is 9.59 Å². The number of carbonyl (C=O) groups is 2. The lowest BCUT2D eigenvalue weighted by atomic mass is 10.0. The molecule has 3 aromatic rings. The van der Waals surface area contributed by atoms with Gasteiger partial charge >= 0.3 is 0 Å². The number of nitrogens with one attached hydrogen (secondary N) is 1. The van der Waals surface area contributed by atoms with Crippen molar-refractivity contribution in [1.82, 2.24) is 20.0 Å². The summed E-state index contributed by atoms with van der Waals surface area (Å²) in [6, 6.07) is 17.8. The molecule has 166 valence electrons. The molecule has 0 atom stereocenters. The van der Waals surface area contributed by atoms with Crippen LogP contribution in [0.1, 0.15) is 48.0 Å². The molecular formula is C26H30N4O2. The Bertz CT molecular complexity index is 1070. The fraction of sp³-hybridized carbons (Fsp3) is 0.346. The molecule has 4 rings (SSSR count). The van der Waals surface area contributed by atoms with E-state index in [9.17, 15) is 9.59 Å². The minimum absolute atomic E-state index is 0.146.